The van der Waals surface area contributed by atoms with Crippen molar-refractivity contribution in [3.8, 4) is 0 Å². The highest BCUT2D eigenvalue weighted by atomic mass is 35.5. The van der Waals surface area contributed by atoms with E-state index in [1.165, 1.54) is 12.1 Å². The molecule has 4 nitrogen and oxygen atoms in total. The van der Waals surface area contributed by atoms with E-state index in [9.17, 15) is 14.0 Å². The summed E-state index contributed by atoms with van der Waals surface area (Å²) in [5, 5.41) is 2.97. The molecule has 1 amide bonds. The molecule has 7 heteroatoms. The van der Waals surface area contributed by atoms with E-state index in [0.717, 1.165) is 12.1 Å². The van der Waals surface area contributed by atoms with E-state index >= 15 is 0 Å². The maximum absolute atomic E-state index is 12.7. The summed E-state index contributed by atoms with van der Waals surface area (Å²) in [6.07, 6.45) is 0. The zero-order chi connectivity index (χ0) is 16.1. The lowest BCUT2D eigenvalue weighted by atomic mass is 10.2. The molecule has 2 aromatic rings. The van der Waals surface area contributed by atoms with Crippen LogP contribution in [0.15, 0.2) is 42.5 Å². The Kier molecular flexibility index (Phi) is 5.35. The van der Waals surface area contributed by atoms with Crippen LogP contribution >= 0.6 is 23.2 Å². The van der Waals surface area contributed by atoms with Crippen LogP contribution in [0.25, 0.3) is 0 Å². The minimum Gasteiger partial charge on any atom is -0.452 e. The Morgan fingerprint density at radius 3 is 2.45 bits per heavy atom. The van der Waals surface area contributed by atoms with E-state index in [2.05, 4.69) is 5.32 Å². The van der Waals surface area contributed by atoms with Crippen LogP contribution in [0.2, 0.25) is 10.0 Å². The highest BCUT2D eigenvalue weighted by Crippen LogP contribution is 2.29. The number of esters is 1. The summed E-state index contributed by atoms with van der Waals surface area (Å²) in [6, 6.07) is 9.55. The van der Waals surface area contributed by atoms with E-state index in [1.807, 2.05) is 0 Å². The molecule has 0 aliphatic rings. The van der Waals surface area contributed by atoms with Gasteiger partial charge >= 0.3 is 5.97 Å². The first-order chi connectivity index (χ1) is 10.5. The van der Waals surface area contributed by atoms with Crippen LogP contribution in [0.5, 0.6) is 0 Å². The van der Waals surface area contributed by atoms with E-state index in [-0.39, 0.29) is 10.6 Å². The van der Waals surface area contributed by atoms with Crippen LogP contribution in [-0.2, 0) is 9.53 Å². The lowest BCUT2D eigenvalue weighted by Gasteiger charge is -2.08. The second-order valence-electron chi connectivity index (χ2n) is 4.23. The lowest BCUT2D eigenvalue weighted by Crippen LogP contribution is -2.21. The number of benzene rings is 2. The van der Waals surface area contributed by atoms with Gasteiger partial charge in [-0.1, -0.05) is 29.3 Å². The molecule has 0 unspecified atom stereocenters. The molecule has 0 bridgehead atoms. The second kappa shape index (κ2) is 7.24. The van der Waals surface area contributed by atoms with Crippen molar-refractivity contribution in [3.05, 3.63) is 63.9 Å². The standard InChI is InChI=1S/C15H10Cl2FNO3/c16-11-2-1-3-12(14(11)17)19-13(20)8-22-15(21)9-4-6-10(18)7-5-9/h1-7H,8H2,(H,19,20). The molecule has 2 rings (SSSR count). The molecular weight excluding hydrogens is 332 g/mol. The summed E-state index contributed by atoms with van der Waals surface area (Å²) in [6.45, 7) is -0.501. The summed E-state index contributed by atoms with van der Waals surface area (Å²) in [5.41, 5.74) is 0.465. The van der Waals surface area contributed by atoms with Crippen molar-refractivity contribution >= 4 is 40.8 Å². The number of rotatable bonds is 4. The third-order valence-corrected chi connectivity index (χ3v) is 3.46. The molecule has 0 aliphatic heterocycles. The van der Waals surface area contributed by atoms with Crippen molar-refractivity contribution < 1.29 is 18.7 Å². The number of carbonyl (C=O) groups is 2. The van der Waals surface area contributed by atoms with Crippen molar-refractivity contribution in [1.82, 2.24) is 0 Å². The molecule has 114 valence electrons. The topological polar surface area (TPSA) is 55.4 Å². The molecule has 2 aromatic carbocycles. The number of ether oxygens (including phenoxy) is 1. The van der Waals surface area contributed by atoms with Crippen LogP contribution in [0.1, 0.15) is 10.4 Å². The van der Waals surface area contributed by atoms with Gasteiger partial charge in [0.1, 0.15) is 5.82 Å². The molecular formula is C15H10Cl2FNO3. The van der Waals surface area contributed by atoms with Gasteiger partial charge in [0.25, 0.3) is 5.91 Å². The van der Waals surface area contributed by atoms with Crippen LogP contribution in [0.3, 0.4) is 0 Å². The van der Waals surface area contributed by atoms with Gasteiger partial charge in [0.2, 0.25) is 0 Å². The third kappa shape index (κ3) is 4.19. The highest BCUT2D eigenvalue weighted by molar-refractivity contribution is 6.44. The minimum atomic E-state index is -0.729. The average molecular weight is 342 g/mol. The van der Waals surface area contributed by atoms with Gasteiger partial charge < -0.3 is 10.1 Å². The van der Waals surface area contributed by atoms with Gasteiger partial charge in [-0.25, -0.2) is 9.18 Å². The number of amides is 1. The van der Waals surface area contributed by atoms with E-state index < -0.39 is 24.3 Å². The van der Waals surface area contributed by atoms with Crippen molar-refractivity contribution in [2.45, 2.75) is 0 Å². The molecule has 1 N–H and O–H groups in total. The number of carbonyl (C=O) groups excluding carboxylic acids is 2. The minimum absolute atomic E-state index is 0.148. The van der Waals surface area contributed by atoms with E-state index in [1.54, 1.807) is 18.2 Å². The Labute approximate surface area is 135 Å². The van der Waals surface area contributed by atoms with Gasteiger partial charge in [-0.05, 0) is 36.4 Å². The first-order valence-electron chi connectivity index (χ1n) is 6.14. The third-order valence-electron chi connectivity index (χ3n) is 2.64. The zero-order valence-electron chi connectivity index (χ0n) is 11.1. The monoisotopic (exact) mass is 341 g/mol. The molecule has 22 heavy (non-hydrogen) atoms. The quantitative estimate of drug-likeness (QED) is 0.857. The predicted molar refractivity (Wildman–Crippen MR) is 81.8 cm³/mol. The Morgan fingerprint density at radius 1 is 1.09 bits per heavy atom. The molecule has 0 fully saturated rings. The highest BCUT2D eigenvalue weighted by Gasteiger charge is 2.12. The normalized spacial score (nSPS) is 10.1. The molecule has 0 saturated heterocycles. The Bertz CT molecular complexity index is 704. The van der Waals surface area contributed by atoms with Crippen LogP contribution in [0, 0.1) is 5.82 Å². The van der Waals surface area contributed by atoms with Gasteiger partial charge in [0, 0.05) is 0 Å². The fourth-order valence-corrected chi connectivity index (χ4v) is 1.93. The maximum Gasteiger partial charge on any atom is 0.338 e. The molecule has 0 aromatic heterocycles. The molecule has 0 saturated carbocycles. The number of nitrogens with one attached hydrogen (secondary N) is 1. The maximum atomic E-state index is 12.7. The predicted octanol–water partition coefficient (Wildman–Crippen LogP) is 3.93. The average Bonchev–Trinajstić information content (AvgIpc) is 2.50. The lowest BCUT2D eigenvalue weighted by molar-refractivity contribution is -0.119. The van der Waals surface area contributed by atoms with Gasteiger partial charge in [0.15, 0.2) is 6.61 Å². The van der Waals surface area contributed by atoms with Crippen molar-refractivity contribution in [2.24, 2.45) is 0 Å². The fourth-order valence-electron chi connectivity index (χ4n) is 1.59. The smallest absolute Gasteiger partial charge is 0.338 e. The SMILES string of the molecule is O=C(COC(=O)c1ccc(F)cc1)Nc1cccc(Cl)c1Cl. The molecule has 0 spiro atoms. The van der Waals surface area contributed by atoms with Crippen LogP contribution < -0.4 is 5.32 Å². The Balaban J connectivity index is 1.91. The second-order valence-corrected chi connectivity index (χ2v) is 5.02. The van der Waals surface area contributed by atoms with Crippen molar-refractivity contribution in [1.29, 1.82) is 0 Å². The van der Waals surface area contributed by atoms with Gasteiger partial charge in [0.05, 0.1) is 21.3 Å². The van der Waals surface area contributed by atoms with Crippen molar-refractivity contribution in [2.75, 3.05) is 11.9 Å². The summed E-state index contributed by atoms with van der Waals surface area (Å²) >= 11 is 11.7. The number of halogens is 3. The van der Waals surface area contributed by atoms with Crippen molar-refractivity contribution in [3.63, 3.8) is 0 Å². The summed E-state index contributed by atoms with van der Waals surface area (Å²) < 4.78 is 17.6. The molecule has 0 radical (unpaired) electrons. The molecule has 0 atom stereocenters. The number of anilines is 1. The number of hydrogen-bond acceptors (Lipinski definition) is 3. The summed E-state index contributed by atoms with van der Waals surface area (Å²) in [7, 11) is 0. The summed E-state index contributed by atoms with van der Waals surface area (Å²) in [5.74, 6) is -1.77. The van der Waals surface area contributed by atoms with Gasteiger partial charge in [-0.2, -0.15) is 0 Å². The van der Waals surface area contributed by atoms with E-state index in [0.29, 0.717) is 10.7 Å². The molecule has 0 aliphatic carbocycles. The fraction of sp³-hybridized carbons (Fsp3) is 0.0667. The molecule has 0 heterocycles. The zero-order valence-corrected chi connectivity index (χ0v) is 12.6. The van der Waals surface area contributed by atoms with Gasteiger partial charge in [-0.15, -0.1) is 0 Å². The van der Waals surface area contributed by atoms with Crippen LogP contribution in [-0.4, -0.2) is 18.5 Å². The first-order valence-corrected chi connectivity index (χ1v) is 6.89. The van der Waals surface area contributed by atoms with Crippen LogP contribution in [0.4, 0.5) is 10.1 Å². The Hall–Kier alpha value is -2.11. The Morgan fingerprint density at radius 2 is 1.77 bits per heavy atom. The summed E-state index contributed by atoms with van der Waals surface area (Å²) in [4.78, 5) is 23.4. The van der Waals surface area contributed by atoms with Gasteiger partial charge in [-0.3, -0.25) is 4.79 Å². The number of hydrogen-bond donors (Lipinski definition) is 1. The largest absolute Gasteiger partial charge is 0.452 e. The van der Waals surface area contributed by atoms with E-state index in [4.69, 9.17) is 27.9 Å². The first kappa shape index (κ1) is 16.3.